The standard InChI is InChI=1S/C18H21NO3/c1-3-22-14-8-6-7-13(11-14)17-12-15(18(20)21-2)16-9-4-5-10-19(16)17/h6-8,11-12H,3-5,9-10H2,1-2H3. The Morgan fingerprint density at radius 2 is 2.14 bits per heavy atom. The number of benzene rings is 1. The molecule has 0 saturated carbocycles. The van der Waals surface area contributed by atoms with Gasteiger partial charge in [-0.25, -0.2) is 4.79 Å². The summed E-state index contributed by atoms with van der Waals surface area (Å²) in [5.41, 5.74) is 3.93. The quantitative estimate of drug-likeness (QED) is 0.809. The lowest BCUT2D eigenvalue weighted by atomic mass is 10.1. The van der Waals surface area contributed by atoms with E-state index in [2.05, 4.69) is 10.6 Å². The molecule has 2 aromatic rings. The van der Waals surface area contributed by atoms with Gasteiger partial charge in [-0.3, -0.25) is 0 Å². The third kappa shape index (κ3) is 2.61. The van der Waals surface area contributed by atoms with Gasteiger partial charge in [0.1, 0.15) is 5.75 Å². The molecule has 0 unspecified atom stereocenters. The molecule has 1 aliphatic rings. The summed E-state index contributed by atoms with van der Waals surface area (Å²) in [5.74, 6) is 0.601. The molecule has 0 fully saturated rings. The van der Waals surface area contributed by atoms with Gasteiger partial charge in [0.25, 0.3) is 0 Å². The molecule has 1 aromatic carbocycles. The number of ether oxygens (including phenoxy) is 2. The van der Waals surface area contributed by atoms with Crippen molar-refractivity contribution in [3.63, 3.8) is 0 Å². The average Bonchev–Trinajstić information content (AvgIpc) is 2.94. The predicted molar refractivity (Wildman–Crippen MR) is 85.3 cm³/mol. The van der Waals surface area contributed by atoms with Crippen molar-refractivity contribution in [1.29, 1.82) is 0 Å². The second kappa shape index (κ2) is 6.26. The molecule has 1 aromatic heterocycles. The van der Waals surface area contributed by atoms with Gasteiger partial charge in [-0.05, 0) is 44.4 Å². The summed E-state index contributed by atoms with van der Waals surface area (Å²) in [4.78, 5) is 12.0. The largest absolute Gasteiger partial charge is 0.494 e. The number of aromatic nitrogens is 1. The van der Waals surface area contributed by atoms with Crippen molar-refractivity contribution < 1.29 is 14.3 Å². The summed E-state index contributed by atoms with van der Waals surface area (Å²) >= 11 is 0. The molecule has 22 heavy (non-hydrogen) atoms. The van der Waals surface area contributed by atoms with Crippen molar-refractivity contribution in [2.75, 3.05) is 13.7 Å². The predicted octanol–water partition coefficient (Wildman–Crippen LogP) is 3.68. The van der Waals surface area contributed by atoms with Crippen molar-refractivity contribution in [2.24, 2.45) is 0 Å². The smallest absolute Gasteiger partial charge is 0.339 e. The second-order valence-corrected chi connectivity index (χ2v) is 5.45. The Balaban J connectivity index is 2.08. The number of hydrogen-bond acceptors (Lipinski definition) is 3. The fourth-order valence-corrected chi connectivity index (χ4v) is 3.11. The molecule has 4 heteroatoms. The van der Waals surface area contributed by atoms with E-state index in [1.807, 2.05) is 31.2 Å². The van der Waals surface area contributed by atoms with Crippen LogP contribution in [0.5, 0.6) is 5.75 Å². The van der Waals surface area contributed by atoms with Crippen LogP contribution in [0.2, 0.25) is 0 Å². The number of carbonyl (C=O) groups excluding carboxylic acids is 1. The fraction of sp³-hybridized carbons (Fsp3) is 0.389. The van der Waals surface area contributed by atoms with Gasteiger partial charge in [0.2, 0.25) is 0 Å². The van der Waals surface area contributed by atoms with Gasteiger partial charge in [-0.1, -0.05) is 12.1 Å². The highest BCUT2D eigenvalue weighted by Crippen LogP contribution is 2.32. The summed E-state index contributed by atoms with van der Waals surface area (Å²) in [6, 6.07) is 9.98. The van der Waals surface area contributed by atoms with Crippen LogP contribution in [0.3, 0.4) is 0 Å². The van der Waals surface area contributed by atoms with Crippen LogP contribution in [0.15, 0.2) is 30.3 Å². The molecular formula is C18H21NO3. The van der Waals surface area contributed by atoms with E-state index in [1.165, 1.54) is 7.11 Å². The van der Waals surface area contributed by atoms with Crippen molar-refractivity contribution in [3.05, 3.63) is 41.6 Å². The van der Waals surface area contributed by atoms with Crippen molar-refractivity contribution in [1.82, 2.24) is 4.57 Å². The zero-order valence-corrected chi connectivity index (χ0v) is 13.1. The maximum absolute atomic E-state index is 12.0. The second-order valence-electron chi connectivity index (χ2n) is 5.45. The zero-order valence-electron chi connectivity index (χ0n) is 13.1. The van der Waals surface area contributed by atoms with E-state index in [9.17, 15) is 4.79 Å². The Hall–Kier alpha value is -2.23. The molecule has 0 atom stereocenters. The first-order valence-electron chi connectivity index (χ1n) is 7.78. The summed E-state index contributed by atoms with van der Waals surface area (Å²) < 4.78 is 12.8. The monoisotopic (exact) mass is 299 g/mol. The molecule has 0 saturated heterocycles. The van der Waals surface area contributed by atoms with Gasteiger partial charge >= 0.3 is 5.97 Å². The first kappa shape index (κ1) is 14.7. The zero-order chi connectivity index (χ0) is 15.5. The maximum Gasteiger partial charge on any atom is 0.339 e. The minimum Gasteiger partial charge on any atom is -0.494 e. The van der Waals surface area contributed by atoms with E-state index in [0.717, 1.165) is 48.5 Å². The molecule has 0 aliphatic carbocycles. The number of fused-ring (bicyclic) bond motifs is 1. The van der Waals surface area contributed by atoms with E-state index in [1.54, 1.807) is 0 Å². The fourth-order valence-electron chi connectivity index (χ4n) is 3.11. The lowest BCUT2D eigenvalue weighted by molar-refractivity contribution is 0.0599. The van der Waals surface area contributed by atoms with Crippen LogP contribution in [-0.4, -0.2) is 24.3 Å². The van der Waals surface area contributed by atoms with Crippen LogP contribution in [0.25, 0.3) is 11.3 Å². The Labute approximate surface area is 130 Å². The molecule has 2 heterocycles. The summed E-state index contributed by atoms with van der Waals surface area (Å²) in [7, 11) is 1.44. The Bertz CT molecular complexity index is 688. The number of rotatable bonds is 4. The molecule has 0 N–H and O–H groups in total. The Morgan fingerprint density at radius 3 is 2.91 bits per heavy atom. The molecule has 0 spiro atoms. The van der Waals surface area contributed by atoms with Crippen LogP contribution in [0.1, 0.15) is 35.8 Å². The SMILES string of the molecule is CCOc1cccc(-c2cc(C(=O)OC)c3n2CCCC3)c1. The number of nitrogens with zero attached hydrogens (tertiary/aromatic N) is 1. The molecule has 116 valence electrons. The molecule has 0 radical (unpaired) electrons. The molecule has 0 bridgehead atoms. The highest BCUT2D eigenvalue weighted by molar-refractivity contribution is 5.93. The highest BCUT2D eigenvalue weighted by Gasteiger charge is 2.23. The van der Waals surface area contributed by atoms with E-state index in [0.29, 0.717) is 12.2 Å². The number of esters is 1. The average molecular weight is 299 g/mol. The first-order chi connectivity index (χ1) is 10.7. The number of methoxy groups -OCH3 is 1. The minimum absolute atomic E-state index is 0.252. The van der Waals surface area contributed by atoms with E-state index in [4.69, 9.17) is 9.47 Å². The van der Waals surface area contributed by atoms with Crippen LogP contribution in [0, 0.1) is 0 Å². The van der Waals surface area contributed by atoms with Gasteiger partial charge in [0.15, 0.2) is 0 Å². The molecule has 0 amide bonds. The number of carbonyl (C=O) groups is 1. The van der Waals surface area contributed by atoms with E-state index in [-0.39, 0.29) is 5.97 Å². The van der Waals surface area contributed by atoms with Gasteiger partial charge in [-0.2, -0.15) is 0 Å². The summed E-state index contributed by atoms with van der Waals surface area (Å²) in [6.45, 7) is 3.56. The maximum atomic E-state index is 12.0. The molecular weight excluding hydrogens is 278 g/mol. The Kier molecular flexibility index (Phi) is 4.18. The van der Waals surface area contributed by atoms with Crippen molar-refractivity contribution in [2.45, 2.75) is 32.7 Å². The third-order valence-corrected chi connectivity index (χ3v) is 4.10. The summed E-state index contributed by atoms with van der Waals surface area (Å²) in [6.07, 6.45) is 3.18. The lowest BCUT2D eigenvalue weighted by Gasteiger charge is -2.19. The van der Waals surface area contributed by atoms with Crippen LogP contribution in [0.4, 0.5) is 0 Å². The highest BCUT2D eigenvalue weighted by atomic mass is 16.5. The van der Waals surface area contributed by atoms with Gasteiger partial charge in [-0.15, -0.1) is 0 Å². The molecule has 3 rings (SSSR count). The van der Waals surface area contributed by atoms with Gasteiger partial charge in [0.05, 0.1) is 19.3 Å². The van der Waals surface area contributed by atoms with E-state index >= 15 is 0 Å². The van der Waals surface area contributed by atoms with Crippen molar-refractivity contribution >= 4 is 5.97 Å². The molecule has 1 aliphatic heterocycles. The van der Waals surface area contributed by atoms with Crippen LogP contribution >= 0.6 is 0 Å². The lowest BCUT2D eigenvalue weighted by Crippen LogP contribution is -2.14. The van der Waals surface area contributed by atoms with Crippen molar-refractivity contribution in [3.8, 4) is 17.0 Å². The third-order valence-electron chi connectivity index (χ3n) is 4.10. The number of hydrogen-bond donors (Lipinski definition) is 0. The normalized spacial score (nSPS) is 13.5. The van der Waals surface area contributed by atoms with Crippen LogP contribution < -0.4 is 4.74 Å². The topological polar surface area (TPSA) is 40.5 Å². The van der Waals surface area contributed by atoms with Gasteiger partial charge < -0.3 is 14.0 Å². The van der Waals surface area contributed by atoms with E-state index < -0.39 is 0 Å². The Morgan fingerprint density at radius 1 is 1.27 bits per heavy atom. The van der Waals surface area contributed by atoms with Gasteiger partial charge in [0, 0.05) is 23.5 Å². The minimum atomic E-state index is -0.252. The first-order valence-corrected chi connectivity index (χ1v) is 7.78. The van der Waals surface area contributed by atoms with Crippen LogP contribution in [-0.2, 0) is 17.7 Å². The molecule has 4 nitrogen and oxygen atoms in total. The summed E-state index contributed by atoms with van der Waals surface area (Å²) in [5, 5.41) is 0.